The summed E-state index contributed by atoms with van der Waals surface area (Å²) in [6.45, 7) is 8.69. The summed E-state index contributed by atoms with van der Waals surface area (Å²) in [7, 11) is 0. The minimum absolute atomic E-state index is 0.225. The maximum atomic E-state index is 6.12. The molecule has 4 rings (SSSR count). The average molecular weight is 408 g/mol. The molecule has 30 heavy (non-hydrogen) atoms. The fourth-order valence-electron chi connectivity index (χ4n) is 4.22. The van der Waals surface area contributed by atoms with Gasteiger partial charge in [-0.2, -0.15) is 10.1 Å². The number of nitrogens with zero attached hydrogens (tertiary/aromatic N) is 4. The van der Waals surface area contributed by atoms with Gasteiger partial charge in [0.25, 0.3) is 0 Å². The Kier molecular flexibility index (Phi) is 5.90. The van der Waals surface area contributed by atoms with Crippen molar-refractivity contribution >= 4 is 17.5 Å². The first kappa shape index (κ1) is 20.6. The molecule has 0 aromatic heterocycles. The number of anilines is 3. The van der Waals surface area contributed by atoms with Crippen molar-refractivity contribution in [3.8, 4) is 11.4 Å². The number of fused-ring (bicyclic) bond motifs is 1. The van der Waals surface area contributed by atoms with Crippen molar-refractivity contribution in [3.63, 3.8) is 0 Å². The van der Waals surface area contributed by atoms with E-state index in [1.54, 1.807) is 0 Å². The fraction of sp³-hybridized carbons (Fsp3) is 0.522. The quantitative estimate of drug-likeness (QED) is 0.538. The first-order valence-corrected chi connectivity index (χ1v) is 11.1. The third-order valence-electron chi connectivity index (χ3n) is 5.84. The van der Waals surface area contributed by atoms with E-state index in [1.807, 2.05) is 30.3 Å². The van der Waals surface area contributed by atoms with Crippen LogP contribution in [-0.2, 0) is 0 Å². The highest BCUT2D eigenvalue weighted by atomic mass is 15.3. The number of hydrogen-bond acceptors (Lipinski definition) is 6. The number of nitrogens with one attached hydrogen (secondary N) is 2. The van der Waals surface area contributed by atoms with E-state index in [0.717, 1.165) is 60.2 Å². The van der Waals surface area contributed by atoms with Crippen molar-refractivity contribution < 1.29 is 0 Å². The van der Waals surface area contributed by atoms with E-state index in [9.17, 15) is 0 Å². The Hall–Kier alpha value is -2.67. The molecule has 3 aliphatic rings. The zero-order valence-corrected chi connectivity index (χ0v) is 18.4. The van der Waals surface area contributed by atoms with Crippen molar-refractivity contribution in [1.82, 2.24) is 19.7 Å². The molecule has 0 saturated heterocycles. The minimum Gasteiger partial charge on any atom is -0.353 e. The van der Waals surface area contributed by atoms with Gasteiger partial charge in [-0.3, -0.25) is 0 Å². The Labute approximate surface area is 178 Å². The lowest BCUT2D eigenvalue weighted by Gasteiger charge is -2.30. The highest BCUT2D eigenvalue weighted by Crippen LogP contribution is 2.38. The monoisotopic (exact) mass is 407 g/mol. The summed E-state index contributed by atoms with van der Waals surface area (Å²) in [5, 5.41) is 16.3. The second kappa shape index (κ2) is 8.60. The molecule has 0 atom stereocenters. The molecule has 0 unspecified atom stereocenters. The predicted molar refractivity (Wildman–Crippen MR) is 122 cm³/mol. The van der Waals surface area contributed by atoms with Crippen molar-refractivity contribution in [2.75, 3.05) is 10.6 Å². The van der Waals surface area contributed by atoms with Gasteiger partial charge in [-0.25, -0.2) is 0 Å². The first-order chi connectivity index (χ1) is 14.4. The topological polar surface area (TPSA) is 93.7 Å². The molecule has 1 aliphatic carbocycles. The summed E-state index contributed by atoms with van der Waals surface area (Å²) in [4.78, 5) is 5.01. The highest BCUT2D eigenvalue weighted by Gasteiger charge is 2.29. The Balaban J connectivity index is 1.81. The SMILES string of the molecule is CC(C)c1nnc2c(Nc3ccccc3)nc(NC3CCC(N)CC3)n(C(C)C)c1-2. The van der Waals surface area contributed by atoms with Gasteiger partial charge in [-0.1, -0.05) is 32.0 Å². The van der Waals surface area contributed by atoms with Gasteiger partial charge in [-0.05, 0) is 57.6 Å². The van der Waals surface area contributed by atoms with E-state index in [4.69, 9.17) is 10.7 Å². The van der Waals surface area contributed by atoms with Crippen LogP contribution in [0.1, 0.15) is 71.0 Å². The molecule has 7 heteroatoms. The molecular formula is C23H33N7. The van der Waals surface area contributed by atoms with Crippen LogP contribution in [0, 0.1) is 0 Å². The van der Waals surface area contributed by atoms with Crippen LogP contribution < -0.4 is 16.4 Å². The molecule has 1 saturated carbocycles. The zero-order valence-electron chi connectivity index (χ0n) is 18.4. The molecule has 2 heterocycles. The van der Waals surface area contributed by atoms with E-state index in [-0.39, 0.29) is 12.0 Å². The second-order valence-electron chi connectivity index (χ2n) is 8.93. The average Bonchev–Trinajstić information content (AvgIpc) is 3.16. The number of para-hydroxylation sites is 1. The second-order valence-corrected chi connectivity index (χ2v) is 8.93. The number of aromatic nitrogens is 4. The van der Waals surface area contributed by atoms with E-state index in [1.165, 1.54) is 0 Å². The van der Waals surface area contributed by atoms with Gasteiger partial charge in [0.2, 0.25) is 5.95 Å². The molecule has 1 aromatic rings. The van der Waals surface area contributed by atoms with Crippen molar-refractivity contribution in [3.05, 3.63) is 36.0 Å². The lowest BCUT2D eigenvalue weighted by Crippen LogP contribution is -2.34. The van der Waals surface area contributed by atoms with Crippen LogP contribution in [0.25, 0.3) is 11.4 Å². The van der Waals surface area contributed by atoms with Gasteiger partial charge in [0.15, 0.2) is 11.5 Å². The zero-order chi connectivity index (χ0) is 21.3. The van der Waals surface area contributed by atoms with Gasteiger partial charge < -0.3 is 20.9 Å². The molecule has 160 valence electrons. The smallest absolute Gasteiger partial charge is 0.205 e. The summed E-state index contributed by atoms with van der Waals surface area (Å²) >= 11 is 0. The highest BCUT2D eigenvalue weighted by molar-refractivity contribution is 5.78. The van der Waals surface area contributed by atoms with E-state index >= 15 is 0 Å². The van der Waals surface area contributed by atoms with Crippen molar-refractivity contribution in [2.24, 2.45) is 5.73 Å². The third kappa shape index (κ3) is 4.12. The van der Waals surface area contributed by atoms with E-state index in [2.05, 4.69) is 53.1 Å². The van der Waals surface area contributed by atoms with Crippen LogP contribution in [-0.4, -0.2) is 31.8 Å². The minimum atomic E-state index is 0.225. The summed E-state index contributed by atoms with van der Waals surface area (Å²) in [6.07, 6.45) is 4.23. The Morgan fingerprint density at radius 1 is 1.00 bits per heavy atom. The molecule has 0 amide bonds. The summed E-state index contributed by atoms with van der Waals surface area (Å²) in [6, 6.07) is 11.0. The third-order valence-corrected chi connectivity index (χ3v) is 5.84. The van der Waals surface area contributed by atoms with E-state index < -0.39 is 0 Å². The van der Waals surface area contributed by atoms with Crippen LogP contribution in [0.2, 0.25) is 0 Å². The Morgan fingerprint density at radius 2 is 1.70 bits per heavy atom. The van der Waals surface area contributed by atoms with Gasteiger partial charge in [0, 0.05) is 23.8 Å². The van der Waals surface area contributed by atoms with Crippen molar-refractivity contribution in [2.45, 2.75) is 77.4 Å². The van der Waals surface area contributed by atoms with Gasteiger partial charge >= 0.3 is 0 Å². The molecule has 0 spiro atoms. The van der Waals surface area contributed by atoms with Crippen LogP contribution in [0.4, 0.5) is 17.5 Å². The Morgan fingerprint density at radius 3 is 2.33 bits per heavy atom. The van der Waals surface area contributed by atoms with Crippen LogP contribution >= 0.6 is 0 Å². The molecule has 0 bridgehead atoms. The number of hydrogen-bond donors (Lipinski definition) is 3. The van der Waals surface area contributed by atoms with Gasteiger partial charge in [-0.15, -0.1) is 5.10 Å². The molecular weight excluding hydrogens is 374 g/mol. The fourth-order valence-corrected chi connectivity index (χ4v) is 4.22. The van der Waals surface area contributed by atoms with Crippen LogP contribution in [0.15, 0.2) is 30.3 Å². The summed E-state index contributed by atoms with van der Waals surface area (Å²) in [5.74, 6) is 1.88. The molecule has 1 fully saturated rings. The summed E-state index contributed by atoms with van der Waals surface area (Å²) < 4.78 is 2.26. The van der Waals surface area contributed by atoms with Gasteiger partial charge in [0.1, 0.15) is 0 Å². The maximum absolute atomic E-state index is 6.12. The van der Waals surface area contributed by atoms with Crippen molar-refractivity contribution in [1.29, 1.82) is 0 Å². The Bertz CT molecular complexity index is 940. The van der Waals surface area contributed by atoms with Crippen LogP contribution in [0.5, 0.6) is 0 Å². The molecule has 2 aliphatic heterocycles. The van der Waals surface area contributed by atoms with E-state index in [0.29, 0.717) is 12.1 Å². The largest absolute Gasteiger partial charge is 0.353 e. The molecule has 0 radical (unpaired) electrons. The summed E-state index contributed by atoms with van der Waals surface area (Å²) in [5.41, 5.74) is 9.98. The number of rotatable bonds is 6. The number of benzene rings is 1. The first-order valence-electron chi connectivity index (χ1n) is 11.1. The van der Waals surface area contributed by atoms with Crippen LogP contribution in [0.3, 0.4) is 0 Å². The normalized spacial score (nSPS) is 19.6. The molecule has 1 aromatic carbocycles. The predicted octanol–water partition coefficient (Wildman–Crippen LogP) is 4.91. The standard InChI is InChI=1S/C23H33N7/c1-14(2)19-21-20(29-28-19)22(25-17-8-6-5-7-9-17)27-23(30(21)15(3)4)26-18-12-10-16(24)11-13-18/h5-9,14-16,18,25H,10-13,24H2,1-4H3,(H,26,27). The maximum Gasteiger partial charge on any atom is 0.205 e. The molecule has 7 nitrogen and oxygen atoms in total. The lowest BCUT2D eigenvalue weighted by atomic mass is 9.92. The lowest BCUT2D eigenvalue weighted by molar-refractivity contribution is 0.407. The van der Waals surface area contributed by atoms with Gasteiger partial charge in [0.05, 0.1) is 11.4 Å². The number of nitrogens with two attached hydrogens (primary N) is 1. The molecule has 4 N–H and O–H groups in total.